The fourth-order valence-electron chi connectivity index (χ4n) is 0. The minimum Gasteiger partial charge on any atom is -0.412 e. The van der Waals surface area contributed by atoms with E-state index in [-0.39, 0.29) is 35.8 Å². The van der Waals surface area contributed by atoms with E-state index >= 15 is 0 Å². The van der Waals surface area contributed by atoms with E-state index in [0.29, 0.717) is 0 Å². The monoisotopic (exact) mass is 185 g/mol. The van der Waals surface area contributed by atoms with Gasteiger partial charge in [-0.1, -0.05) is 12.6 Å². The molecule has 0 atom stereocenters. The molecule has 0 bridgehead atoms. The van der Waals surface area contributed by atoms with Crippen molar-refractivity contribution in [1.29, 1.82) is 0 Å². The van der Waals surface area contributed by atoms with Gasteiger partial charge in [-0.3, -0.25) is 4.79 Å². The molecule has 0 aliphatic rings. The van der Waals surface area contributed by atoms with Gasteiger partial charge < -0.3 is 16.7 Å². The van der Waals surface area contributed by atoms with Gasteiger partial charge in [-0.15, -0.1) is 24.8 Å². The summed E-state index contributed by atoms with van der Waals surface area (Å²) in [5.41, 5.74) is 4.34. The molecule has 0 aliphatic heterocycles. The summed E-state index contributed by atoms with van der Waals surface area (Å²) in [5.74, 6) is 0. The highest BCUT2D eigenvalue weighted by molar-refractivity contribution is 7.96. The lowest BCUT2D eigenvalue weighted by Gasteiger charge is -1.58. The van der Waals surface area contributed by atoms with Crippen LogP contribution in [0.3, 0.4) is 0 Å². The molecule has 56 valence electrons. The predicted octanol–water partition coefficient (Wildman–Crippen LogP) is -0.811. The summed E-state index contributed by atoms with van der Waals surface area (Å²) in [6, 6.07) is 0. The number of amides is 1. The van der Waals surface area contributed by atoms with E-state index in [4.69, 9.17) is 4.79 Å². The summed E-state index contributed by atoms with van der Waals surface area (Å²) in [4.78, 5) is 9.09. The van der Waals surface area contributed by atoms with Crippen LogP contribution in [0.25, 0.3) is 0 Å². The van der Waals surface area contributed by atoms with Crippen LogP contribution in [0.5, 0.6) is 0 Å². The first-order valence-electron chi connectivity index (χ1n) is 0.716. The number of carbonyl (C=O) groups is 1. The highest BCUT2D eigenvalue weighted by Crippen LogP contribution is 1.60. The number of rotatable bonds is 0. The molecule has 8 heavy (non-hydrogen) atoms. The fourth-order valence-corrected chi connectivity index (χ4v) is 0. The van der Waals surface area contributed by atoms with Crippen molar-refractivity contribution in [3.8, 4) is 0 Å². The topological polar surface area (TPSA) is 106 Å². The van der Waals surface area contributed by atoms with Gasteiger partial charge in [0.1, 0.15) is 0 Å². The van der Waals surface area contributed by atoms with Crippen LogP contribution in [0, 0.1) is 0 Å². The first-order chi connectivity index (χ1) is 1.73. The highest BCUT2D eigenvalue weighted by atomic mass is 35.5. The lowest BCUT2D eigenvalue weighted by atomic mass is 11.5. The van der Waals surface area contributed by atoms with E-state index in [1.165, 1.54) is 0 Å². The zero-order valence-electron chi connectivity index (χ0n) is 3.75. The van der Waals surface area contributed by atoms with E-state index in [1.807, 2.05) is 0 Å². The molecule has 0 saturated heterocycles. The van der Waals surface area contributed by atoms with Gasteiger partial charge in [0.05, 0.1) is 0 Å². The molecule has 4 nitrogen and oxygen atoms in total. The Morgan fingerprint density at radius 1 is 1.25 bits per heavy atom. The summed E-state index contributed by atoms with van der Waals surface area (Å²) in [5, 5.41) is -0.639. The molecule has 0 aromatic rings. The van der Waals surface area contributed by atoms with E-state index < -0.39 is 5.24 Å². The number of thiol groups is 1. The van der Waals surface area contributed by atoms with E-state index in [1.54, 1.807) is 0 Å². The third-order valence-electron chi connectivity index (χ3n) is 0. The van der Waals surface area contributed by atoms with Crippen LogP contribution in [0.15, 0.2) is 0 Å². The molecule has 0 fully saturated rings. The molecule has 0 aliphatic carbocycles. The van der Waals surface area contributed by atoms with Gasteiger partial charge in [0.25, 0.3) is 5.24 Å². The van der Waals surface area contributed by atoms with Gasteiger partial charge in [0, 0.05) is 0 Å². The van der Waals surface area contributed by atoms with Crippen LogP contribution in [0.4, 0.5) is 4.79 Å². The Bertz CT molecular complexity index is 40.3. The number of carbonyl (C=O) groups excluding carboxylic acids is 1. The quantitative estimate of drug-likeness (QED) is 0.474. The minimum atomic E-state index is -0.639. The van der Waals surface area contributed by atoms with Crippen molar-refractivity contribution in [3.05, 3.63) is 0 Å². The van der Waals surface area contributed by atoms with Gasteiger partial charge in [-0.05, 0) is 0 Å². The Morgan fingerprint density at radius 2 is 1.25 bits per heavy atom. The third-order valence-corrected chi connectivity index (χ3v) is 0. The maximum atomic E-state index is 9.09. The second kappa shape index (κ2) is 26.5. The number of halogens is 2. The largest absolute Gasteiger partial charge is 0.412 e. The summed E-state index contributed by atoms with van der Waals surface area (Å²) >= 11 is 3.10. The van der Waals surface area contributed by atoms with Crippen LogP contribution < -0.4 is 5.73 Å². The van der Waals surface area contributed by atoms with Crippen molar-refractivity contribution in [2.24, 2.45) is 5.73 Å². The van der Waals surface area contributed by atoms with Crippen LogP contribution in [0.1, 0.15) is 0 Å². The van der Waals surface area contributed by atoms with Crippen molar-refractivity contribution in [3.63, 3.8) is 0 Å². The second-order valence-electron chi connectivity index (χ2n) is 0.338. The minimum absolute atomic E-state index is 0. The molecule has 1 amide bonds. The van der Waals surface area contributed by atoms with Crippen molar-refractivity contribution in [2.75, 3.05) is 0 Å². The molecule has 0 saturated carbocycles. The van der Waals surface area contributed by atoms with Crippen LogP contribution in [-0.2, 0) is 0 Å². The Balaban J connectivity index is -0.00000000750. The molecular formula is CH9Cl2NO3S. The maximum absolute atomic E-state index is 9.09. The Labute approximate surface area is 64.7 Å². The lowest BCUT2D eigenvalue weighted by Crippen LogP contribution is -1.95. The normalized spacial score (nSPS) is 3.12. The van der Waals surface area contributed by atoms with Crippen LogP contribution in [0.2, 0.25) is 0 Å². The molecule has 0 spiro atoms. The predicted molar refractivity (Wildman–Crippen MR) is 40.3 cm³/mol. The number of primary amides is 1. The molecule has 7 heteroatoms. The van der Waals surface area contributed by atoms with Gasteiger partial charge in [-0.2, -0.15) is 0 Å². The standard InChI is InChI=1S/CH3NOS.2ClH.2H2O/c2-1(3)4;;;;/h(H3,2,3,4);2*1H;2*1H2. The van der Waals surface area contributed by atoms with E-state index in [9.17, 15) is 0 Å². The van der Waals surface area contributed by atoms with Gasteiger partial charge >= 0.3 is 0 Å². The number of nitrogens with two attached hydrogens (primary N) is 1. The van der Waals surface area contributed by atoms with Gasteiger partial charge in [0.2, 0.25) is 0 Å². The zero-order valence-corrected chi connectivity index (χ0v) is 6.28. The molecule has 0 unspecified atom stereocenters. The third kappa shape index (κ3) is 1750. The summed E-state index contributed by atoms with van der Waals surface area (Å²) in [6.45, 7) is 0. The number of hydrogen-bond donors (Lipinski definition) is 2. The first-order valence-corrected chi connectivity index (χ1v) is 1.16. The molecular weight excluding hydrogens is 177 g/mol. The molecule has 6 N–H and O–H groups in total. The molecule has 0 rings (SSSR count). The van der Waals surface area contributed by atoms with Crippen molar-refractivity contribution in [2.45, 2.75) is 0 Å². The molecule has 0 aromatic heterocycles. The lowest BCUT2D eigenvalue weighted by molar-refractivity contribution is 0.267. The van der Waals surface area contributed by atoms with Crippen molar-refractivity contribution >= 4 is 42.7 Å². The van der Waals surface area contributed by atoms with Gasteiger partial charge in [0.15, 0.2) is 0 Å². The number of hydrogen-bond acceptors (Lipinski definition) is 1. The SMILES string of the molecule is Cl.Cl.NC(=O)S.O.O. The highest BCUT2D eigenvalue weighted by Gasteiger charge is 1.63. The Kier molecular flexibility index (Phi) is 134. The Morgan fingerprint density at radius 3 is 1.25 bits per heavy atom. The first kappa shape index (κ1) is 40.4. The average Bonchev–Trinajstić information content (AvgIpc) is 0.811. The summed E-state index contributed by atoms with van der Waals surface area (Å²) < 4.78 is 0. The fraction of sp³-hybridized carbons (Fsp3) is 0. The van der Waals surface area contributed by atoms with Crippen molar-refractivity contribution in [1.82, 2.24) is 0 Å². The second-order valence-corrected chi connectivity index (χ2v) is 0.779. The molecule has 0 radical (unpaired) electrons. The summed E-state index contributed by atoms with van der Waals surface area (Å²) in [6.07, 6.45) is 0. The van der Waals surface area contributed by atoms with E-state index in [2.05, 4.69) is 18.4 Å². The van der Waals surface area contributed by atoms with Crippen molar-refractivity contribution < 1.29 is 15.7 Å². The smallest absolute Gasteiger partial charge is 0.273 e. The molecule has 0 heterocycles. The summed E-state index contributed by atoms with van der Waals surface area (Å²) in [7, 11) is 0. The molecule has 0 aromatic carbocycles. The van der Waals surface area contributed by atoms with E-state index in [0.717, 1.165) is 0 Å². The average molecular weight is 186 g/mol. The van der Waals surface area contributed by atoms with Gasteiger partial charge in [-0.25, -0.2) is 0 Å². The van der Waals surface area contributed by atoms with Crippen LogP contribution in [-0.4, -0.2) is 16.2 Å². The van der Waals surface area contributed by atoms with Crippen LogP contribution >= 0.6 is 37.4 Å². The zero-order chi connectivity index (χ0) is 3.58. The Hall–Kier alpha value is 0.320. The maximum Gasteiger partial charge on any atom is 0.273 e.